The fourth-order valence-electron chi connectivity index (χ4n) is 1.25. The van der Waals surface area contributed by atoms with Crippen LogP contribution in [0.25, 0.3) is 0 Å². The van der Waals surface area contributed by atoms with Crippen molar-refractivity contribution in [2.75, 3.05) is 12.5 Å². The molecular weight excluding hydrogens is 204 g/mol. The minimum Gasteiger partial charge on any atom is -0.463 e. The highest BCUT2D eigenvalue weighted by Crippen LogP contribution is 2.27. The number of carbonyl (C=O) groups excluding carboxylic acids is 1. The van der Waals surface area contributed by atoms with E-state index in [0.29, 0.717) is 18.6 Å². The van der Waals surface area contributed by atoms with Crippen molar-refractivity contribution in [2.45, 2.75) is 31.5 Å². The number of unbranched alkanes of at least 4 members (excludes halogenated alkanes) is 1. The van der Waals surface area contributed by atoms with Crippen LogP contribution in [-0.2, 0) is 14.3 Å². The standard InChI is InChI=1S/C10H15ClO3/c1-2-10(12)13-6-4-3-5-8-9(7-11)14-8/h2,8-9H,1,3-7H2. The third kappa shape index (κ3) is 4.11. The number of hydrogen-bond acceptors (Lipinski definition) is 3. The van der Waals surface area contributed by atoms with Gasteiger partial charge in [0.2, 0.25) is 0 Å². The van der Waals surface area contributed by atoms with E-state index < -0.39 is 0 Å². The summed E-state index contributed by atoms with van der Waals surface area (Å²) in [6.45, 7) is 3.77. The van der Waals surface area contributed by atoms with Crippen molar-refractivity contribution in [2.24, 2.45) is 0 Å². The van der Waals surface area contributed by atoms with E-state index >= 15 is 0 Å². The summed E-state index contributed by atoms with van der Waals surface area (Å²) in [5.74, 6) is 0.224. The number of rotatable bonds is 7. The molecule has 0 aromatic rings. The van der Waals surface area contributed by atoms with Gasteiger partial charge in [0, 0.05) is 6.08 Å². The van der Waals surface area contributed by atoms with Crippen LogP contribution in [0.3, 0.4) is 0 Å². The van der Waals surface area contributed by atoms with Gasteiger partial charge < -0.3 is 9.47 Å². The van der Waals surface area contributed by atoms with Gasteiger partial charge in [0.25, 0.3) is 0 Å². The number of esters is 1. The van der Waals surface area contributed by atoms with Crippen molar-refractivity contribution in [3.05, 3.63) is 12.7 Å². The number of ether oxygens (including phenoxy) is 2. The molecule has 0 aromatic carbocycles. The first-order valence-electron chi connectivity index (χ1n) is 4.78. The normalized spacial score (nSPS) is 24.4. The quantitative estimate of drug-likeness (QED) is 0.215. The Morgan fingerprint density at radius 2 is 2.29 bits per heavy atom. The molecule has 4 heteroatoms. The van der Waals surface area contributed by atoms with Crippen LogP contribution in [0.2, 0.25) is 0 Å². The third-order valence-corrected chi connectivity index (χ3v) is 2.44. The van der Waals surface area contributed by atoms with E-state index in [2.05, 4.69) is 6.58 Å². The molecule has 0 amide bonds. The van der Waals surface area contributed by atoms with Gasteiger partial charge in [0.05, 0.1) is 24.7 Å². The lowest BCUT2D eigenvalue weighted by Gasteiger charge is -2.00. The summed E-state index contributed by atoms with van der Waals surface area (Å²) in [5.41, 5.74) is 0. The molecule has 14 heavy (non-hydrogen) atoms. The topological polar surface area (TPSA) is 38.8 Å². The average molecular weight is 219 g/mol. The Hall–Kier alpha value is -0.540. The predicted molar refractivity (Wildman–Crippen MR) is 54.4 cm³/mol. The zero-order chi connectivity index (χ0) is 10.4. The van der Waals surface area contributed by atoms with Crippen LogP contribution in [0.5, 0.6) is 0 Å². The van der Waals surface area contributed by atoms with Crippen LogP contribution >= 0.6 is 11.6 Å². The summed E-state index contributed by atoms with van der Waals surface area (Å²) >= 11 is 5.59. The largest absolute Gasteiger partial charge is 0.463 e. The lowest BCUT2D eigenvalue weighted by atomic mass is 10.2. The Morgan fingerprint density at radius 3 is 2.86 bits per heavy atom. The van der Waals surface area contributed by atoms with E-state index in [1.165, 1.54) is 6.08 Å². The smallest absolute Gasteiger partial charge is 0.330 e. The van der Waals surface area contributed by atoms with E-state index in [1.807, 2.05) is 0 Å². The minimum absolute atomic E-state index is 0.257. The molecule has 3 nitrogen and oxygen atoms in total. The van der Waals surface area contributed by atoms with Crippen LogP contribution in [0.15, 0.2) is 12.7 Å². The molecule has 0 N–H and O–H groups in total. The second kappa shape index (κ2) is 6.04. The summed E-state index contributed by atoms with van der Waals surface area (Å²) in [5, 5.41) is 0. The first-order valence-corrected chi connectivity index (χ1v) is 5.32. The molecule has 0 bridgehead atoms. The molecule has 1 rings (SSSR count). The van der Waals surface area contributed by atoms with Gasteiger partial charge in [-0.15, -0.1) is 11.6 Å². The van der Waals surface area contributed by atoms with Crippen molar-refractivity contribution in [3.63, 3.8) is 0 Å². The van der Waals surface area contributed by atoms with E-state index in [0.717, 1.165) is 19.3 Å². The van der Waals surface area contributed by atoms with E-state index in [1.54, 1.807) is 0 Å². The molecule has 0 saturated carbocycles. The number of epoxide rings is 1. The molecule has 1 aliphatic rings. The minimum atomic E-state index is -0.355. The summed E-state index contributed by atoms with van der Waals surface area (Å²) in [4.78, 5) is 10.6. The van der Waals surface area contributed by atoms with Gasteiger partial charge in [0.15, 0.2) is 0 Å². The monoisotopic (exact) mass is 218 g/mol. The fraction of sp³-hybridized carbons (Fsp3) is 0.700. The second-order valence-electron chi connectivity index (χ2n) is 3.23. The Bertz CT molecular complexity index is 206. The molecule has 1 saturated heterocycles. The van der Waals surface area contributed by atoms with Crippen molar-refractivity contribution in [1.29, 1.82) is 0 Å². The van der Waals surface area contributed by atoms with Crippen molar-refractivity contribution in [1.82, 2.24) is 0 Å². The van der Waals surface area contributed by atoms with Crippen LogP contribution in [-0.4, -0.2) is 30.7 Å². The van der Waals surface area contributed by atoms with Crippen LogP contribution in [0.4, 0.5) is 0 Å². The van der Waals surface area contributed by atoms with Crippen LogP contribution in [0.1, 0.15) is 19.3 Å². The van der Waals surface area contributed by atoms with E-state index in [4.69, 9.17) is 21.1 Å². The predicted octanol–water partition coefficient (Wildman–Crippen LogP) is 1.89. The summed E-state index contributed by atoms with van der Waals surface area (Å²) in [6, 6.07) is 0. The Morgan fingerprint density at radius 1 is 1.50 bits per heavy atom. The van der Waals surface area contributed by atoms with Crippen LogP contribution < -0.4 is 0 Å². The zero-order valence-corrected chi connectivity index (χ0v) is 8.83. The van der Waals surface area contributed by atoms with Gasteiger partial charge >= 0.3 is 5.97 Å². The molecule has 1 heterocycles. The molecule has 1 fully saturated rings. The highest BCUT2D eigenvalue weighted by atomic mass is 35.5. The number of halogens is 1. The second-order valence-corrected chi connectivity index (χ2v) is 3.54. The van der Waals surface area contributed by atoms with Crippen molar-refractivity contribution >= 4 is 17.6 Å². The summed E-state index contributed by atoms with van der Waals surface area (Å²) < 4.78 is 10.1. The highest BCUT2D eigenvalue weighted by molar-refractivity contribution is 6.18. The van der Waals surface area contributed by atoms with Gasteiger partial charge in [-0.3, -0.25) is 0 Å². The maximum Gasteiger partial charge on any atom is 0.330 e. The first-order chi connectivity index (χ1) is 6.77. The molecule has 0 aliphatic carbocycles. The lowest BCUT2D eigenvalue weighted by molar-refractivity contribution is -0.137. The van der Waals surface area contributed by atoms with Crippen LogP contribution in [0, 0.1) is 0 Å². The average Bonchev–Trinajstić information content (AvgIpc) is 2.95. The SMILES string of the molecule is C=CC(=O)OCCCCC1OC1CCl. The van der Waals surface area contributed by atoms with Crippen molar-refractivity contribution < 1.29 is 14.3 Å². The Kier molecular flexibility index (Phi) is 4.98. The maximum atomic E-state index is 10.6. The number of hydrogen-bond donors (Lipinski definition) is 0. The number of carbonyl (C=O) groups is 1. The van der Waals surface area contributed by atoms with Gasteiger partial charge in [-0.1, -0.05) is 6.58 Å². The highest BCUT2D eigenvalue weighted by Gasteiger charge is 2.36. The molecule has 1 aliphatic heterocycles. The summed E-state index contributed by atoms with van der Waals surface area (Å²) in [6.07, 6.45) is 4.64. The molecule has 0 spiro atoms. The van der Waals surface area contributed by atoms with E-state index in [-0.39, 0.29) is 12.1 Å². The lowest BCUT2D eigenvalue weighted by Crippen LogP contribution is -2.02. The molecule has 0 aromatic heterocycles. The Balaban J connectivity index is 1.86. The Labute approximate surface area is 89.0 Å². The maximum absolute atomic E-state index is 10.6. The molecular formula is C10H15ClO3. The van der Waals surface area contributed by atoms with Gasteiger partial charge in [0.1, 0.15) is 0 Å². The van der Waals surface area contributed by atoms with Crippen molar-refractivity contribution in [3.8, 4) is 0 Å². The molecule has 80 valence electrons. The number of alkyl halides is 1. The van der Waals surface area contributed by atoms with Gasteiger partial charge in [-0.2, -0.15) is 0 Å². The fourth-order valence-corrected chi connectivity index (χ4v) is 1.52. The van der Waals surface area contributed by atoms with Gasteiger partial charge in [-0.05, 0) is 19.3 Å². The summed E-state index contributed by atoms with van der Waals surface area (Å²) in [7, 11) is 0. The van der Waals surface area contributed by atoms with Gasteiger partial charge in [-0.25, -0.2) is 4.79 Å². The molecule has 0 radical (unpaired) electrons. The van der Waals surface area contributed by atoms with E-state index in [9.17, 15) is 4.79 Å². The third-order valence-electron chi connectivity index (χ3n) is 2.13. The molecule has 2 atom stereocenters. The first kappa shape index (κ1) is 11.5. The zero-order valence-electron chi connectivity index (χ0n) is 8.08. The molecule has 2 unspecified atom stereocenters.